The van der Waals surface area contributed by atoms with Gasteiger partial charge >= 0.3 is 1.43 Å². The van der Waals surface area contributed by atoms with Crippen LogP contribution in [0.25, 0.3) is 0 Å². The lowest BCUT2D eigenvalue weighted by molar-refractivity contribution is -0.0233. The van der Waals surface area contributed by atoms with Crippen molar-refractivity contribution < 1.29 is 10.9 Å². The van der Waals surface area contributed by atoms with Crippen LogP contribution in [0.3, 0.4) is 0 Å². The third kappa shape index (κ3) is 2.79. The first-order valence-corrected chi connectivity index (χ1v) is 10.0. The second kappa shape index (κ2) is 5.75. The van der Waals surface area contributed by atoms with Crippen molar-refractivity contribution in [2.24, 2.45) is 0 Å². The second-order valence-electron chi connectivity index (χ2n) is 6.65. The number of hydrogen-bond donors (Lipinski definition) is 0. The zero-order valence-electron chi connectivity index (χ0n) is 13.8. The molecule has 2 heterocycles. The highest BCUT2D eigenvalue weighted by Gasteiger charge is 2.32. The summed E-state index contributed by atoms with van der Waals surface area (Å²) in [6.45, 7) is 1.86. The van der Waals surface area contributed by atoms with Crippen LogP contribution in [0.1, 0.15) is 51.1 Å². The van der Waals surface area contributed by atoms with E-state index in [2.05, 4.69) is 24.3 Å². The molecule has 3 rings (SSSR count). The van der Waals surface area contributed by atoms with Crippen LogP contribution < -0.4 is 0 Å². The molecule has 2 nitrogen and oxygen atoms in total. The first-order valence-electron chi connectivity index (χ1n) is 8.01. The Bertz CT molecular complexity index is 409. The van der Waals surface area contributed by atoms with Gasteiger partial charge in [-0.25, -0.2) is 0 Å². The van der Waals surface area contributed by atoms with Gasteiger partial charge in [-0.1, -0.05) is 24.3 Å². The van der Waals surface area contributed by atoms with Gasteiger partial charge in [0, 0.05) is 33.7 Å². The zero-order valence-corrected chi connectivity index (χ0v) is 16.8. The van der Waals surface area contributed by atoms with Crippen LogP contribution in [0.5, 0.6) is 0 Å². The second-order valence-corrected chi connectivity index (χ2v) is 9.88. The van der Waals surface area contributed by atoms with Crippen LogP contribution >= 0.6 is 0 Å². The summed E-state index contributed by atoms with van der Waals surface area (Å²) < 4.78 is 12.2. The molecule has 2 aliphatic rings. The van der Waals surface area contributed by atoms with Crippen molar-refractivity contribution in [2.75, 3.05) is 13.2 Å². The fraction of sp³-hybridized carbons (Fsp3) is 0.625. The van der Waals surface area contributed by atoms with Crippen LogP contribution in [0.2, 0.25) is 0 Å². The number of rotatable bonds is 2. The Morgan fingerprint density at radius 1 is 0.750 bits per heavy atom. The Morgan fingerprint density at radius 2 is 1.15 bits per heavy atom. The topological polar surface area (TPSA) is 18.5 Å². The summed E-state index contributed by atoms with van der Waals surface area (Å²) in [6.07, 6.45) is 7.44. The van der Waals surface area contributed by atoms with Crippen LogP contribution in [0.4, 0.5) is 0 Å². The Hall–Kier alpha value is -0.426. The van der Waals surface area contributed by atoms with Gasteiger partial charge in [-0.3, -0.25) is 0 Å². The number of hydrogen-bond acceptors (Lipinski definition) is 2. The van der Waals surface area contributed by atoms with Gasteiger partial charge in [0.2, 0.25) is 0 Å². The van der Waals surface area contributed by atoms with E-state index in [4.69, 9.17) is 9.47 Å². The monoisotopic (exact) mass is 307 g/mol. The Morgan fingerprint density at radius 3 is 1.45 bits per heavy atom. The van der Waals surface area contributed by atoms with Crippen molar-refractivity contribution >= 4 is 20.5 Å². The van der Waals surface area contributed by atoms with Crippen LogP contribution in [-0.4, -0.2) is 33.7 Å². The molecular weight excluding hydrogens is 280 g/mol. The Kier molecular flexibility index (Phi) is 4.17. The van der Waals surface area contributed by atoms with Crippen molar-refractivity contribution in [3.05, 3.63) is 35.4 Å². The van der Waals surface area contributed by atoms with E-state index in [0.29, 0.717) is 0 Å². The summed E-state index contributed by atoms with van der Waals surface area (Å²) in [5.74, 6) is 0. The zero-order chi connectivity index (χ0) is 14.1. The molecule has 0 N–H and O–H groups in total. The minimum absolute atomic E-state index is 0. The molecule has 2 aliphatic heterocycles. The molecule has 2 atom stereocenters. The summed E-state index contributed by atoms with van der Waals surface area (Å²) in [6, 6.07) is 9.19. The smallest absolute Gasteiger partial charge is 0.375 e. The predicted molar refractivity (Wildman–Crippen MR) is 90.4 cm³/mol. The summed E-state index contributed by atoms with van der Waals surface area (Å²) in [4.78, 5) is 0. The van der Waals surface area contributed by atoms with E-state index < -0.39 is 0 Å². The molecule has 0 spiro atoms. The lowest BCUT2D eigenvalue weighted by Crippen LogP contribution is -2.35. The lowest BCUT2D eigenvalue weighted by atomic mass is 9.95. The number of benzene rings is 1. The summed E-state index contributed by atoms with van der Waals surface area (Å²) >= 11 is 0. The van der Waals surface area contributed by atoms with E-state index in [1.807, 2.05) is 0 Å². The summed E-state index contributed by atoms with van der Waals surface area (Å²) in [5.41, 5.74) is 2.77. The third-order valence-electron chi connectivity index (χ3n) is 5.04. The molecule has 0 aliphatic carbocycles. The lowest BCUT2D eigenvalue weighted by Gasteiger charge is -2.37. The average Bonchev–Trinajstić information content (AvgIpc) is 2.49. The molecule has 0 amide bonds. The molecule has 2 fully saturated rings. The molecule has 0 saturated carbocycles. The Balaban J connectivity index is 0.00000161. The SMILES string of the molecule is [H+].[SiH3]C1(c2ccc(C3([SiH3])CCCCO3)cc2)CCCCO1. The van der Waals surface area contributed by atoms with Crippen LogP contribution in [0, 0.1) is 0 Å². The average molecular weight is 308 g/mol. The molecule has 1 aromatic rings. The molecule has 110 valence electrons. The molecule has 0 radical (unpaired) electrons. The molecule has 1 aromatic carbocycles. The Labute approximate surface area is 129 Å². The highest BCUT2D eigenvalue weighted by molar-refractivity contribution is 6.15. The quantitative estimate of drug-likeness (QED) is 0.765. The van der Waals surface area contributed by atoms with Gasteiger partial charge in [-0.2, -0.15) is 0 Å². The molecule has 0 aromatic heterocycles. The largest absolute Gasteiger partial charge is 1.00 e. The standard InChI is InChI=1S/C16H26O2Si2/c19-15(9-1-3-11-17-15)13-5-7-14(8-6-13)16(20)10-2-4-12-18-16/h5-8H,1-4,9-12H2,19-20H3/p+1. The van der Waals surface area contributed by atoms with Crippen molar-refractivity contribution in [3.8, 4) is 0 Å². The van der Waals surface area contributed by atoms with Crippen molar-refractivity contribution in [2.45, 2.75) is 49.0 Å². The van der Waals surface area contributed by atoms with E-state index in [-0.39, 0.29) is 11.9 Å². The van der Waals surface area contributed by atoms with Crippen molar-refractivity contribution in [1.29, 1.82) is 0 Å². The van der Waals surface area contributed by atoms with Gasteiger partial charge in [0.15, 0.2) is 0 Å². The van der Waals surface area contributed by atoms with Gasteiger partial charge in [-0.05, 0) is 49.7 Å². The molecule has 2 saturated heterocycles. The molecule has 2 unspecified atom stereocenters. The van der Waals surface area contributed by atoms with Crippen molar-refractivity contribution in [3.63, 3.8) is 0 Å². The first kappa shape index (κ1) is 14.5. The van der Waals surface area contributed by atoms with E-state index in [0.717, 1.165) is 33.7 Å². The normalized spacial score (nSPS) is 35.2. The molecule has 4 heteroatoms. The van der Waals surface area contributed by atoms with Gasteiger partial charge in [0.1, 0.15) is 0 Å². The van der Waals surface area contributed by atoms with Gasteiger partial charge < -0.3 is 9.47 Å². The fourth-order valence-corrected chi connectivity index (χ4v) is 5.28. The third-order valence-corrected chi connectivity index (χ3v) is 7.78. The summed E-state index contributed by atoms with van der Waals surface area (Å²) in [5, 5.41) is 0.116. The van der Waals surface area contributed by atoms with E-state index in [1.54, 1.807) is 0 Å². The number of ether oxygens (including phenoxy) is 2. The molecule has 0 bridgehead atoms. The van der Waals surface area contributed by atoms with Crippen LogP contribution in [-0.2, 0) is 19.9 Å². The summed E-state index contributed by atoms with van der Waals surface area (Å²) in [7, 11) is 2.15. The van der Waals surface area contributed by atoms with Gasteiger partial charge in [0.25, 0.3) is 0 Å². The minimum Gasteiger partial charge on any atom is -0.375 e. The molecular formula is C16H27O2Si2+. The van der Waals surface area contributed by atoms with Gasteiger partial charge in [0.05, 0.1) is 10.4 Å². The predicted octanol–water partition coefficient (Wildman–Crippen LogP) is 1.24. The first-order chi connectivity index (χ1) is 9.62. The van der Waals surface area contributed by atoms with Crippen molar-refractivity contribution in [1.82, 2.24) is 0 Å². The maximum atomic E-state index is 6.10. The highest BCUT2D eigenvalue weighted by atomic mass is 28.1. The highest BCUT2D eigenvalue weighted by Crippen LogP contribution is 2.35. The maximum absolute atomic E-state index is 6.10. The van der Waals surface area contributed by atoms with E-state index >= 15 is 0 Å². The van der Waals surface area contributed by atoms with E-state index in [9.17, 15) is 0 Å². The maximum Gasteiger partial charge on any atom is 1.00 e. The fourth-order valence-electron chi connectivity index (χ4n) is 3.50. The van der Waals surface area contributed by atoms with Crippen LogP contribution in [0.15, 0.2) is 24.3 Å². The molecule has 20 heavy (non-hydrogen) atoms. The minimum atomic E-state index is 0. The van der Waals surface area contributed by atoms with Gasteiger partial charge in [-0.15, -0.1) is 0 Å². The van der Waals surface area contributed by atoms with E-state index in [1.165, 1.54) is 49.7 Å².